The number of para-hydroxylation sites is 1. The van der Waals surface area contributed by atoms with Crippen molar-refractivity contribution in [3.8, 4) is 0 Å². The molecule has 0 unspecified atom stereocenters. The number of nitro benzene ring substituents is 1. The molecule has 0 aromatic heterocycles. The molecular weight excluding hydrogens is 274 g/mol. The number of amides is 1. The number of carbonyl (C=O) groups is 1. The van der Waals surface area contributed by atoms with Crippen molar-refractivity contribution in [2.24, 2.45) is 0 Å². The zero-order valence-electron chi connectivity index (χ0n) is 11.9. The summed E-state index contributed by atoms with van der Waals surface area (Å²) in [4.78, 5) is 23.1. The third-order valence-corrected chi connectivity index (χ3v) is 3.39. The van der Waals surface area contributed by atoms with Crippen LogP contribution in [0.1, 0.15) is 30.1 Å². The maximum absolute atomic E-state index is 12.3. The molecule has 0 radical (unpaired) electrons. The molecule has 0 saturated carbocycles. The van der Waals surface area contributed by atoms with Crippen molar-refractivity contribution in [2.45, 2.75) is 25.8 Å². The lowest BCUT2D eigenvalue weighted by Crippen LogP contribution is -2.39. The Kier molecular flexibility index (Phi) is 5.10. The number of hydrogen-bond donors (Lipinski definition) is 2. The maximum Gasteiger partial charge on any atom is 0.305 e. The van der Waals surface area contributed by atoms with Crippen molar-refractivity contribution in [3.63, 3.8) is 0 Å². The van der Waals surface area contributed by atoms with E-state index in [1.807, 2.05) is 6.92 Å². The summed E-state index contributed by atoms with van der Waals surface area (Å²) in [5.41, 5.74) is 0.274. The zero-order chi connectivity index (χ0) is 15.2. The first-order valence-corrected chi connectivity index (χ1v) is 7.03. The van der Waals surface area contributed by atoms with E-state index in [1.165, 1.54) is 6.07 Å². The average molecular weight is 293 g/mol. The predicted octanol–water partition coefficient (Wildman–Crippen LogP) is 1.94. The third kappa shape index (κ3) is 3.69. The summed E-state index contributed by atoms with van der Waals surface area (Å²) in [5.74, 6) is -0.409. The highest BCUT2D eigenvalue weighted by Gasteiger charge is 2.26. The van der Waals surface area contributed by atoms with Crippen LogP contribution in [0.4, 0.5) is 11.4 Å². The van der Waals surface area contributed by atoms with Crippen molar-refractivity contribution in [1.82, 2.24) is 5.32 Å². The molecule has 1 amide bonds. The molecule has 1 aliphatic rings. The van der Waals surface area contributed by atoms with Crippen LogP contribution in [0.25, 0.3) is 0 Å². The van der Waals surface area contributed by atoms with Gasteiger partial charge < -0.3 is 15.4 Å². The van der Waals surface area contributed by atoms with E-state index in [0.29, 0.717) is 25.4 Å². The first kappa shape index (κ1) is 15.2. The summed E-state index contributed by atoms with van der Waals surface area (Å²) >= 11 is 0. The van der Waals surface area contributed by atoms with Gasteiger partial charge in [-0.05, 0) is 31.9 Å². The monoisotopic (exact) mass is 293 g/mol. The van der Waals surface area contributed by atoms with Crippen LogP contribution in [0.15, 0.2) is 18.2 Å². The van der Waals surface area contributed by atoms with Gasteiger partial charge in [0, 0.05) is 25.8 Å². The minimum absolute atomic E-state index is 0.00800. The molecule has 0 bridgehead atoms. The minimum Gasteiger partial charge on any atom is -0.381 e. The van der Waals surface area contributed by atoms with Gasteiger partial charge in [-0.2, -0.15) is 0 Å². The van der Waals surface area contributed by atoms with E-state index in [4.69, 9.17) is 4.74 Å². The number of hydrogen-bond acceptors (Lipinski definition) is 5. The summed E-state index contributed by atoms with van der Waals surface area (Å²) < 4.78 is 5.23. The molecule has 0 spiro atoms. The lowest BCUT2D eigenvalue weighted by atomic mass is 10.1. The van der Waals surface area contributed by atoms with Gasteiger partial charge in [0.1, 0.15) is 11.3 Å². The molecule has 2 rings (SSSR count). The van der Waals surface area contributed by atoms with Crippen molar-refractivity contribution in [1.29, 1.82) is 0 Å². The molecule has 2 N–H and O–H groups in total. The topological polar surface area (TPSA) is 93.5 Å². The summed E-state index contributed by atoms with van der Waals surface area (Å²) in [6.45, 7) is 3.60. The standard InChI is InChI=1S/C14H19N3O4/c1-2-15-12-5-3-4-11(13(12)17(19)20)14(18)16-10-6-8-21-9-7-10/h3-5,10,15H,2,6-9H2,1H3,(H,16,18). The molecule has 7 heteroatoms. The molecule has 0 aliphatic carbocycles. The van der Waals surface area contributed by atoms with Gasteiger partial charge >= 0.3 is 5.69 Å². The number of nitrogens with zero attached hydrogens (tertiary/aromatic N) is 1. The van der Waals surface area contributed by atoms with Gasteiger partial charge in [-0.15, -0.1) is 0 Å². The van der Waals surface area contributed by atoms with Gasteiger partial charge in [-0.1, -0.05) is 6.07 Å². The molecular formula is C14H19N3O4. The number of carbonyl (C=O) groups excluding carboxylic acids is 1. The van der Waals surface area contributed by atoms with Crippen LogP contribution in [0.2, 0.25) is 0 Å². The van der Waals surface area contributed by atoms with Crippen molar-refractivity contribution in [2.75, 3.05) is 25.1 Å². The summed E-state index contributed by atoms with van der Waals surface area (Å²) in [7, 11) is 0. The van der Waals surface area contributed by atoms with E-state index in [0.717, 1.165) is 12.8 Å². The van der Waals surface area contributed by atoms with Gasteiger partial charge in [-0.3, -0.25) is 14.9 Å². The first-order chi connectivity index (χ1) is 10.1. The largest absolute Gasteiger partial charge is 0.381 e. The maximum atomic E-state index is 12.3. The number of benzene rings is 1. The van der Waals surface area contributed by atoms with Crippen LogP contribution >= 0.6 is 0 Å². The van der Waals surface area contributed by atoms with Gasteiger partial charge in [0.25, 0.3) is 5.91 Å². The van der Waals surface area contributed by atoms with Crippen molar-refractivity contribution >= 4 is 17.3 Å². The van der Waals surface area contributed by atoms with Crippen LogP contribution in [0.5, 0.6) is 0 Å². The van der Waals surface area contributed by atoms with Crippen molar-refractivity contribution < 1.29 is 14.5 Å². The molecule has 1 heterocycles. The van der Waals surface area contributed by atoms with Crippen molar-refractivity contribution in [3.05, 3.63) is 33.9 Å². The fourth-order valence-corrected chi connectivity index (χ4v) is 2.36. The molecule has 114 valence electrons. The Balaban J connectivity index is 2.22. The first-order valence-electron chi connectivity index (χ1n) is 7.03. The fourth-order valence-electron chi connectivity index (χ4n) is 2.36. The highest BCUT2D eigenvalue weighted by molar-refractivity contribution is 6.00. The molecule has 0 atom stereocenters. The lowest BCUT2D eigenvalue weighted by molar-refractivity contribution is -0.384. The van der Waals surface area contributed by atoms with Gasteiger partial charge in [0.05, 0.1) is 4.92 Å². The Labute approximate surface area is 122 Å². The summed E-state index contributed by atoms with van der Waals surface area (Å²) in [6, 6.07) is 4.73. The Bertz CT molecular complexity index is 527. The Morgan fingerprint density at radius 3 is 2.76 bits per heavy atom. The van der Waals surface area contributed by atoms with Gasteiger partial charge in [-0.25, -0.2) is 0 Å². The second-order valence-corrected chi connectivity index (χ2v) is 4.85. The average Bonchev–Trinajstić information content (AvgIpc) is 2.48. The smallest absolute Gasteiger partial charge is 0.305 e. The predicted molar refractivity (Wildman–Crippen MR) is 78.6 cm³/mol. The summed E-state index contributed by atoms with van der Waals surface area (Å²) in [6.07, 6.45) is 1.46. The quantitative estimate of drug-likeness (QED) is 0.639. The molecule has 7 nitrogen and oxygen atoms in total. The second kappa shape index (κ2) is 7.03. The second-order valence-electron chi connectivity index (χ2n) is 4.85. The Hall–Kier alpha value is -2.15. The molecule has 1 saturated heterocycles. The van der Waals surface area contributed by atoms with E-state index in [1.54, 1.807) is 12.1 Å². The van der Waals surface area contributed by atoms with Crippen LogP contribution in [0, 0.1) is 10.1 Å². The number of rotatable bonds is 5. The van der Waals surface area contributed by atoms with Gasteiger partial charge in [0.2, 0.25) is 0 Å². The molecule has 1 aromatic rings. The zero-order valence-corrected chi connectivity index (χ0v) is 11.9. The SMILES string of the molecule is CCNc1cccc(C(=O)NC2CCOCC2)c1[N+](=O)[O-]. The molecule has 1 aliphatic heterocycles. The lowest BCUT2D eigenvalue weighted by Gasteiger charge is -2.23. The minimum atomic E-state index is -0.517. The third-order valence-electron chi connectivity index (χ3n) is 3.39. The van der Waals surface area contributed by atoms with E-state index in [9.17, 15) is 14.9 Å². The Morgan fingerprint density at radius 2 is 2.14 bits per heavy atom. The molecule has 1 fully saturated rings. The van der Waals surface area contributed by atoms with Crippen LogP contribution in [0.3, 0.4) is 0 Å². The Morgan fingerprint density at radius 1 is 1.43 bits per heavy atom. The van der Waals surface area contributed by atoms with E-state index < -0.39 is 10.8 Å². The van der Waals surface area contributed by atoms with Crippen LogP contribution in [-0.4, -0.2) is 36.6 Å². The summed E-state index contributed by atoms with van der Waals surface area (Å²) in [5, 5.41) is 17.0. The highest BCUT2D eigenvalue weighted by Crippen LogP contribution is 2.28. The molecule has 1 aromatic carbocycles. The number of anilines is 1. The van der Waals surface area contributed by atoms with Gasteiger partial charge in [0.15, 0.2) is 0 Å². The van der Waals surface area contributed by atoms with Crippen LogP contribution < -0.4 is 10.6 Å². The highest BCUT2D eigenvalue weighted by atomic mass is 16.6. The normalized spacial score (nSPS) is 15.5. The van der Waals surface area contributed by atoms with E-state index >= 15 is 0 Å². The number of nitrogens with one attached hydrogen (secondary N) is 2. The van der Waals surface area contributed by atoms with Crippen LogP contribution in [-0.2, 0) is 4.74 Å². The van der Waals surface area contributed by atoms with E-state index in [-0.39, 0.29) is 17.3 Å². The molecule has 21 heavy (non-hydrogen) atoms. The van der Waals surface area contributed by atoms with E-state index in [2.05, 4.69) is 10.6 Å². The fraction of sp³-hybridized carbons (Fsp3) is 0.500. The number of ether oxygens (including phenoxy) is 1. The number of nitro groups is 1.